The molecule has 0 fully saturated rings. The molecule has 7 aromatic carbocycles. The zero-order valence-corrected chi connectivity index (χ0v) is 30.6. The fourth-order valence-electron chi connectivity index (χ4n) is 10.9. The summed E-state index contributed by atoms with van der Waals surface area (Å²) in [6.07, 6.45) is 0. The lowest BCUT2D eigenvalue weighted by molar-refractivity contribution is 0.590. The molecule has 53 heavy (non-hydrogen) atoms. The van der Waals surface area contributed by atoms with Crippen molar-refractivity contribution in [3.63, 3.8) is 0 Å². The molecule has 4 aliphatic rings. The number of hydrogen-bond donors (Lipinski definition) is 0. The second-order valence-electron chi connectivity index (χ2n) is 16.4. The molecule has 0 amide bonds. The number of aromatic nitrogens is 1. The van der Waals surface area contributed by atoms with E-state index in [1.807, 2.05) is 11.3 Å². The Labute approximate surface area is 312 Å². The van der Waals surface area contributed by atoms with Gasteiger partial charge in [0.1, 0.15) is 0 Å². The van der Waals surface area contributed by atoms with Crippen molar-refractivity contribution in [3.05, 3.63) is 173 Å². The standard InChI is InChI=1S/C49H33BN2S/c1-48(2,3)28-26-34-31-17-12-18-33-43-32-16-6-11-25-42(32)53-47(43)52(45(31)33)50-39-23-13-22-38-46(39)51(41(27-28)44(34)50)40-24-10-9-21-37(40)49(38)35-19-7-4-14-29(35)30-15-5-8-20-36(30)49/h4-27H,1-3H3. The molecule has 2 aromatic heterocycles. The number of thiophene rings is 1. The first-order valence-electron chi connectivity index (χ1n) is 18.8. The van der Waals surface area contributed by atoms with E-state index in [4.69, 9.17) is 0 Å². The van der Waals surface area contributed by atoms with E-state index < -0.39 is 5.41 Å². The van der Waals surface area contributed by atoms with Crippen LogP contribution in [0.2, 0.25) is 0 Å². The Bertz CT molecular complexity index is 3090. The average molecular weight is 693 g/mol. The molecular formula is C49H33BN2S. The van der Waals surface area contributed by atoms with Crippen molar-refractivity contribution in [1.82, 2.24) is 4.48 Å². The van der Waals surface area contributed by atoms with Crippen LogP contribution in [0, 0.1) is 0 Å². The SMILES string of the molecule is CC(C)(C)c1cc2c3c(c1)N1c4ccccc4C4(c5ccccc5-c5ccccc54)c4cccc(c41)B3n1c3sc4ccccc4c3c3cccc-2c31. The molecule has 0 bridgehead atoms. The molecule has 0 saturated heterocycles. The summed E-state index contributed by atoms with van der Waals surface area (Å²) in [6.45, 7) is 7.11. The van der Waals surface area contributed by atoms with Crippen LogP contribution in [0.5, 0.6) is 0 Å². The largest absolute Gasteiger partial charge is 0.367 e. The first-order valence-corrected chi connectivity index (χ1v) is 19.6. The maximum absolute atomic E-state index is 2.74. The number of benzene rings is 7. The molecule has 248 valence electrons. The maximum Gasteiger partial charge on any atom is 0.333 e. The summed E-state index contributed by atoms with van der Waals surface area (Å²) in [6, 6.07) is 55.9. The van der Waals surface area contributed by atoms with E-state index in [1.54, 1.807) is 0 Å². The van der Waals surface area contributed by atoms with Crippen LogP contribution in [0.25, 0.3) is 53.5 Å². The van der Waals surface area contributed by atoms with Crippen molar-refractivity contribution in [2.45, 2.75) is 31.6 Å². The van der Waals surface area contributed by atoms with Crippen LogP contribution in [0.1, 0.15) is 48.6 Å². The number of para-hydroxylation sites is 3. The smallest absolute Gasteiger partial charge is 0.333 e. The summed E-state index contributed by atoms with van der Waals surface area (Å²) in [5.41, 5.74) is 19.8. The number of rotatable bonds is 0. The quantitative estimate of drug-likeness (QED) is 0.144. The summed E-state index contributed by atoms with van der Waals surface area (Å²) >= 11 is 1.95. The van der Waals surface area contributed by atoms with Gasteiger partial charge in [0.05, 0.1) is 15.9 Å². The molecule has 13 rings (SSSR count). The van der Waals surface area contributed by atoms with Gasteiger partial charge in [0.2, 0.25) is 0 Å². The summed E-state index contributed by atoms with van der Waals surface area (Å²) in [4.78, 5) is 4.03. The van der Waals surface area contributed by atoms with Gasteiger partial charge < -0.3 is 9.38 Å². The number of hydrogen-bond acceptors (Lipinski definition) is 2. The molecule has 2 nitrogen and oxygen atoms in total. The zero-order chi connectivity index (χ0) is 35.0. The first kappa shape index (κ1) is 28.7. The van der Waals surface area contributed by atoms with Crippen LogP contribution >= 0.6 is 11.3 Å². The highest BCUT2D eigenvalue weighted by Crippen LogP contribution is 2.64. The van der Waals surface area contributed by atoms with E-state index in [2.05, 4.69) is 176 Å². The third-order valence-corrected chi connectivity index (χ3v) is 14.1. The lowest BCUT2D eigenvalue weighted by Crippen LogP contribution is -2.58. The van der Waals surface area contributed by atoms with Gasteiger partial charge in [-0.25, -0.2) is 0 Å². The van der Waals surface area contributed by atoms with E-state index in [-0.39, 0.29) is 12.3 Å². The average Bonchev–Trinajstić information content (AvgIpc) is 3.82. The van der Waals surface area contributed by atoms with Crippen LogP contribution in [0.15, 0.2) is 146 Å². The van der Waals surface area contributed by atoms with Crippen LogP contribution in [0.3, 0.4) is 0 Å². The van der Waals surface area contributed by atoms with Gasteiger partial charge in [0.15, 0.2) is 0 Å². The van der Waals surface area contributed by atoms with Crippen molar-refractivity contribution in [2.24, 2.45) is 0 Å². The van der Waals surface area contributed by atoms with E-state index in [9.17, 15) is 0 Å². The summed E-state index contributed by atoms with van der Waals surface area (Å²) in [5, 5.41) is 4.10. The highest BCUT2D eigenvalue weighted by molar-refractivity contribution is 7.26. The van der Waals surface area contributed by atoms with Gasteiger partial charge in [0.25, 0.3) is 0 Å². The molecule has 0 radical (unpaired) electrons. The van der Waals surface area contributed by atoms with Crippen LogP contribution in [-0.2, 0) is 10.8 Å². The Morgan fingerprint density at radius 3 is 2.00 bits per heavy atom. The van der Waals surface area contributed by atoms with Crippen LogP contribution in [0.4, 0.5) is 17.1 Å². The van der Waals surface area contributed by atoms with Gasteiger partial charge in [-0.3, -0.25) is 0 Å². The van der Waals surface area contributed by atoms with E-state index in [0.717, 1.165) is 0 Å². The third kappa shape index (κ3) is 3.18. The third-order valence-electron chi connectivity index (χ3n) is 12.9. The molecule has 0 unspecified atom stereocenters. The number of anilines is 3. The van der Waals surface area contributed by atoms with Gasteiger partial charge in [-0.2, -0.15) is 0 Å². The van der Waals surface area contributed by atoms with Gasteiger partial charge in [-0.1, -0.05) is 148 Å². The molecular weight excluding hydrogens is 659 g/mol. The molecule has 0 saturated carbocycles. The van der Waals surface area contributed by atoms with E-state index >= 15 is 0 Å². The lowest BCUT2D eigenvalue weighted by Gasteiger charge is -2.50. The highest BCUT2D eigenvalue weighted by Gasteiger charge is 2.55. The predicted molar refractivity (Wildman–Crippen MR) is 225 cm³/mol. The number of fused-ring (bicyclic) bond motifs is 18. The summed E-state index contributed by atoms with van der Waals surface area (Å²) in [7, 11) is 0. The molecule has 4 heteroatoms. The monoisotopic (exact) mass is 692 g/mol. The Kier molecular flexibility index (Phi) is 5.09. The first-order chi connectivity index (χ1) is 26.0. The minimum absolute atomic E-state index is 0.0254. The molecule has 9 aromatic rings. The van der Waals surface area contributed by atoms with Gasteiger partial charge in [-0.05, 0) is 79.0 Å². The molecule has 1 aliphatic carbocycles. The van der Waals surface area contributed by atoms with Crippen LogP contribution in [-0.4, -0.2) is 11.3 Å². The van der Waals surface area contributed by atoms with Crippen molar-refractivity contribution >= 4 is 77.4 Å². The number of nitrogens with zero attached hydrogens (tertiary/aromatic N) is 2. The highest BCUT2D eigenvalue weighted by atomic mass is 32.1. The second-order valence-corrected chi connectivity index (χ2v) is 17.4. The molecule has 0 N–H and O–H groups in total. The van der Waals surface area contributed by atoms with Gasteiger partial charge in [-0.15, -0.1) is 11.3 Å². The van der Waals surface area contributed by atoms with Crippen molar-refractivity contribution in [1.29, 1.82) is 0 Å². The topological polar surface area (TPSA) is 8.17 Å². The summed E-state index contributed by atoms with van der Waals surface area (Å²) < 4.78 is 4.09. The second kappa shape index (κ2) is 9.39. The van der Waals surface area contributed by atoms with E-state index in [0.29, 0.717) is 0 Å². The predicted octanol–water partition coefficient (Wildman–Crippen LogP) is 11.4. The molecule has 1 spiro atoms. The van der Waals surface area contributed by atoms with Crippen LogP contribution < -0.4 is 15.8 Å². The minimum Gasteiger partial charge on any atom is -0.367 e. The Morgan fingerprint density at radius 1 is 0.566 bits per heavy atom. The maximum atomic E-state index is 2.74. The van der Waals surface area contributed by atoms with Crippen molar-refractivity contribution in [3.8, 4) is 22.3 Å². The van der Waals surface area contributed by atoms with Gasteiger partial charge >= 0.3 is 6.85 Å². The fourth-order valence-corrected chi connectivity index (χ4v) is 12.1. The molecule has 0 atom stereocenters. The Balaban J connectivity index is 1.25. The Hall–Kier alpha value is -5.84. The normalized spacial score (nSPS) is 15.2. The molecule has 3 aliphatic heterocycles. The van der Waals surface area contributed by atoms with Gasteiger partial charge in [0, 0.05) is 43.3 Å². The fraction of sp³-hybridized carbons (Fsp3) is 0.102. The lowest BCUT2D eigenvalue weighted by atomic mass is 9.44. The molecule has 5 heterocycles. The van der Waals surface area contributed by atoms with E-state index in [1.165, 1.54) is 109 Å². The Morgan fingerprint density at radius 2 is 1.21 bits per heavy atom. The summed E-state index contributed by atoms with van der Waals surface area (Å²) in [5.74, 6) is 0. The van der Waals surface area contributed by atoms with Crippen molar-refractivity contribution in [2.75, 3.05) is 4.90 Å². The zero-order valence-electron chi connectivity index (χ0n) is 29.7. The minimum atomic E-state index is -0.445. The van der Waals surface area contributed by atoms with Crippen molar-refractivity contribution < 1.29 is 0 Å².